The van der Waals surface area contributed by atoms with Gasteiger partial charge in [0.1, 0.15) is 0 Å². The molecular weight excluding hydrogens is 453 g/mol. The van der Waals surface area contributed by atoms with Crippen LogP contribution in [-0.2, 0) is 13.1 Å². The summed E-state index contributed by atoms with van der Waals surface area (Å²) in [6.45, 7) is 0.315. The smallest absolute Gasteiger partial charge is 0.272 e. The van der Waals surface area contributed by atoms with Crippen molar-refractivity contribution in [1.82, 2.24) is 15.2 Å². The monoisotopic (exact) mass is 476 g/mol. The molecule has 0 unspecified atom stereocenters. The largest absolute Gasteiger partial charge is 0.472 e. The van der Waals surface area contributed by atoms with Crippen LogP contribution in [0.1, 0.15) is 11.3 Å². The molecule has 0 radical (unpaired) electrons. The highest BCUT2D eigenvalue weighted by atomic mass is 127. The number of hydrogen-bond donors (Lipinski definition) is 1. The van der Waals surface area contributed by atoms with Gasteiger partial charge in [-0.3, -0.25) is 0 Å². The molecule has 1 heterocycles. The lowest BCUT2D eigenvalue weighted by Crippen LogP contribution is -2.36. The number of hydrogen-bond acceptors (Lipinski definition) is 3. The Balaban J connectivity index is 0.00000338. The lowest BCUT2D eigenvalue weighted by Gasteiger charge is -2.17. The topological polar surface area (TPSA) is 49.8 Å². The molecule has 26 heavy (non-hydrogen) atoms. The fourth-order valence-corrected chi connectivity index (χ4v) is 2.06. The van der Waals surface area contributed by atoms with E-state index in [-0.39, 0.29) is 29.9 Å². The minimum absolute atomic E-state index is 0. The number of benzene rings is 1. The Morgan fingerprint density at radius 3 is 2.54 bits per heavy atom. The first-order valence-electron chi connectivity index (χ1n) is 7.91. The van der Waals surface area contributed by atoms with Gasteiger partial charge in [-0.1, -0.05) is 36.4 Å². The number of aromatic nitrogens is 1. The van der Waals surface area contributed by atoms with Crippen molar-refractivity contribution in [3.8, 4) is 5.88 Å². The van der Waals surface area contributed by atoms with E-state index < -0.39 is 13.0 Å². The van der Waals surface area contributed by atoms with Crippen LogP contribution in [-0.4, -0.2) is 43.0 Å². The highest BCUT2D eigenvalue weighted by Gasteiger charge is 2.06. The first-order chi connectivity index (χ1) is 12.0. The van der Waals surface area contributed by atoms with Gasteiger partial charge in [-0.15, -0.1) is 24.0 Å². The summed E-state index contributed by atoms with van der Waals surface area (Å²) in [7, 11) is 3.79. The summed E-state index contributed by atoms with van der Waals surface area (Å²) in [5.74, 6) is 0.900. The van der Waals surface area contributed by atoms with Gasteiger partial charge in [0.2, 0.25) is 5.88 Å². The number of aliphatic imine (C=N–C) groups is 1. The third-order valence-corrected chi connectivity index (χ3v) is 3.24. The van der Waals surface area contributed by atoms with E-state index in [0.29, 0.717) is 24.7 Å². The maximum Gasteiger partial charge on any atom is 0.272 e. The van der Waals surface area contributed by atoms with Crippen LogP contribution >= 0.6 is 24.0 Å². The molecule has 2 aromatic rings. The molecule has 142 valence electrons. The number of guanidine groups is 1. The Kier molecular flexibility index (Phi) is 9.85. The molecule has 0 amide bonds. The minimum atomic E-state index is -2.52. The Morgan fingerprint density at radius 2 is 1.88 bits per heavy atom. The van der Waals surface area contributed by atoms with Gasteiger partial charge in [-0.25, -0.2) is 18.8 Å². The molecule has 5 nitrogen and oxygen atoms in total. The lowest BCUT2D eigenvalue weighted by atomic mass is 10.2. The maximum atomic E-state index is 12.2. The SMILES string of the molecule is CN(C)C(=NCc1ccccc1)NCc1cccc(OCC(F)F)n1.I. The van der Waals surface area contributed by atoms with E-state index in [0.717, 1.165) is 5.56 Å². The third-order valence-electron chi connectivity index (χ3n) is 3.24. The van der Waals surface area contributed by atoms with E-state index in [1.54, 1.807) is 18.2 Å². The summed E-state index contributed by atoms with van der Waals surface area (Å²) < 4.78 is 29.3. The van der Waals surface area contributed by atoms with Crippen LogP contribution in [0.2, 0.25) is 0 Å². The number of ether oxygens (including phenoxy) is 1. The standard InChI is InChI=1S/C18H22F2N4O.HI/c1-24(2)18(21-11-14-7-4-3-5-8-14)22-12-15-9-6-10-17(23-15)25-13-16(19)20;/h3-10,16H,11-13H2,1-2H3,(H,21,22);1H. The first kappa shape index (κ1) is 22.1. The van der Waals surface area contributed by atoms with Crippen LogP contribution in [0.15, 0.2) is 53.5 Å². The van der Waals surface area contributed by atoms with Gasteiger partial charge in [0.15, 0.2) is 12.6 Å². The molecule has 0 aliphatic rings. The number of nitrogens with one attached hydrogen (secondary N) is 1. The molecule has 0 fully saturated rings. The van der Waals surface area contributed by atoms with Crippen LogP contribution in [0, 0.1) is 0 Å². The summed E-state index contributed by atoms with van der Waals surface area (Å²) in [6.07, 6.45) is -2.52. The molecule has 0 bridgehead atoms. The molecule has 1 N–H and O–H groups in total. The summed E-state index contributed by atoms with van der Waals surface area (Å²) >= 11 is 0. The van der Waals surface area contributed by atoms with E-state index in [9.17, 15) is 8.78 Å². The van der Waals surface area contributed by atoms with E-state index in [1.807, 2.05) is 49.3 Å². The van der Waals surface area contributed by atoms with Crippen LogP contribution in [0.4, 0.5) is 8.78 Å². The highest BCUT2D eigenvalue weighted by Crippen LogP contribution is 2.09. The fraction of sp³-hybridized carbons (Fsp3) is 0.333. The predicted octanol–water partition coefficient (Wildman–Crippen LogP) is 3.55. The van der Waals surface area contributed by atoms with Crippen molar-refractivity contribution in [1.29, 1.82) is 0 Å². The number of halogens is 3. The van der Waals surface area contributed by atoms with Gasteiger partial charge < -0.3 is 15.0 Å². The van der Waals surface area contributed by atoms with Crippen LogP contribution in [0.3, 0.4) is 0 Å². The van der Waals surface area contributed by atoms with Crippen molar-refractivity contribution >= 4 is 29.9 Å². The summed E-state index contributed by atoms with van der Waals surface area (Å²) in [5.41, 5.74) is 1.80. The zero-order valence-electron chi connectivity index (χ0n) is 14.7. The molecule has 0 aliphatic heterocycles. The van der Waals surface area contributed by atoms with Gasteiger partial charge in [0, 0.05) is 20.2 Å². The van der Waals surface area contributed by atoms with Crippen molar-refractivity contribution in [2.24, 2.45) is 4.99 Å². The fourth-order valence-electron chi connectivity index (χ4n) is 2.06. The Bertz CT molecular complexity index is 684. The normalized spacial score (nSPS) is 11.0. The summed E-state index contributed by atoms with van der Waals surface area (Å²) in [5, 5.41) is 3.21. The quantitative estimate of drug-likeness (QED) is 0.378. The van der Waals surface area contributed by atoms with Crippen molar-refractivity contribution in [2.45, 2.75) is 19.5 Å². The van der Waals surface area contributed by atoms with Gasteiger partial charge >= 0.3 is 0 Å². The van der Waals surface area contributed by atoms with Crippen molar-refractivity contribution < 1.29 is 13.5 Å². The van der Waals surface area contributed by atoms with E-state index in [2.05, 4.69) is 15.3 Å². The van der Waals surface area contributed by atoms with Gasteiger partial charge in [-0.05, 0) is 11.6 Å². The molecule has 0 atom stereocenters. The number of pyridine rings is 1. The molecule has 0 saturated heterocycles. The van der Waals surface area contributed by atoms with E-state index in [1.165, 1.54) is 0 Å². The molecule has 2 rings (SSSR count). The predicted molar refractivity (Wildman–Crippen MR) is 109 cm³/mol. The maximum absolute atomic E-state index is 12.2. The second-order valence-electron chi connectivity index (χ2n) is 5.54. The van der Waals surface area contributed by atoms with Crippen LogP contribution in [0.5, 0.6) is 5.88 Å². The van der Waals surface area contributed by atoms with Crippen molar-refractivity contribution in [2.75, 3.05) is 20.7 Å². The molecule has 0 aliphatic carbocycles. The zero-order chi connectivity index (χ0) is 18.1. The zero-order valence-corrected chi connectivity index (χ0v) is 17.1. The molecule has 1 aromatic carbocycles. The summed E-state index contributed by atoms with van der Waals surface area (Å²) in [6, 6.07) is 15.0. The average Bonchev–Trinajstić information content (AvgIpc) is 2.61. The minimum Gasteiger partial charge on any atom is -0.472 e. The van der Waals surface area contributed by atoms with Gasteiger partial charge in [0.25, 0.3) is 6.43 Å². The average molecular weight is 476 g/mol. The van der Waals surface area contributed by atoms with Crippen molar-refractivity contribution in [3.05, 3.63) is 59.8 Å². The van der Waals surface area contributed by atoms with Gasteiger partial charge in [0.05, 0.1) is 18.8 Å². The number of rotatable bonds is 7. The van der Waals surface area contributed by atoms with Crippen molar-refractivity contribution in [3.63, 3.8) is 0 Å². The second-order valence-corrected chi connectivity index (χ2v) is 5.54. The molecular formula is C18H23F2IN4O. The van der Waals surface area contributed by atoms with Crippen LogP contribution in [0.25, 0.3) is 0 Å². The number of alkyl halides is 2. The van der Waals surface area contributed by atoms with E-state index >= 15 is 0 Å². The Hall–Kier alpha value is -1.97. The molecule has 0 saturated carbocycles. The van der Waals surface area contributed by atoms with Crippen LogP contribution < -0.4 is 10.1 Å². The first-order valence-corrected chi connectivity index (χ1v) is 7.91. The summed E-state index contributed by atoms with van der Waals surface area (Å²) in [4.78, 5) is 10.6. The molecule has 0 spiro atoms. The highest BCUT2D eigenvalue weighted by molar-refractivity contribution is 14.0. The molecule has 1 aromatic heterocycles. The third kappa shape index (κ3) is 7.94. The molecule has 8 heteroatoms. The lowest BCUT2D eigenvalue weighted by molar-refractivity contribution is 0.0795. The van der Waals surface area contributed by atoms with Gasteiger partial charge in [-0.2, -0.15) is 0 Å². The Labute approximate surface area is 169 Å². The number of nitrogens with zero attached hydrogens (tertiary/aromatic N) is 3. The Morgan fingerprint density at radius 1 is 1.15 bits per heavy atom. The second kappa shape index (κ2) is 11.6. The van der Waals surface area contributed by atoms with E-state index in [4.69, 9.17) is 4.74 Å².